The van der Waals surface area contributed by atoms with Gasteiger partial charge in [0, 0.05) is 21.1 Å². The average Bonchev–Trinajstić information content (AvgIpc) is 2.63. The highest BCUT2D eigenvalue weighted by molar-refractivity contribution is 9.10. The summed E-state index contributed by atoms with van der Waals surface area (Å²) >= 11 is 3.41. The topological polar surface area (TPSA) is 52.0 Å². The Bertz CT molecular complexity index is 520. The molecule has 0 fully saturated rings. The molecule has 4 heteroatoms. The molecule has 0 bridgehead atoms. The van der Waals surface area contributed by atoms with Crippen LogP contribution in [-0.4, -0.2) is 4.98 Å². The number of nitrogens with zero attached hydrogens (tertiary/aromatic N) is 1. The highest BCUT2D eigenvalue weighted by Crippen LogP contribution is 2.29. The maximum absolute atomic E-state index is 5.79. The standard InChI is InChI=1S/C13H15BrN2O/c1-13(2,3)11-7-16-12(17-11)8-4-9(14)6-10(15)5-8/h4-7H,15H2,1-3H3. The molecule has 2 aromatic rings. The third-order valence-corrected chi connectivity index (χ3v) is 2.87. The summed E-state index contributed by atoms with van der Waals surface area (Å²) in [7, 11) is 0. The molecule has 3 nitrogen and oxygen atoms in total. The van der Waals surface area contributed by atoms with E-state index in [1.54, 1.807) is 6.20 Å². The van der Waals surface area contributed by atoms with Gasteiger partial charge in [-0.25, -0.2) is 4.98 Å². The maximum atomic E-state index is 5.79. The van der Waals surface area contributed by atoms with Gasteiger partial charge in [-0.2, -0.15) is 0 Å². The number of halogens is 1. The predicted octanol–water partition coefficient (Wildman–Crippen LogP) is 3.98. The van der Waals surface area contributed by atoms with Crippen LogP contribution >= 0.6 is 15.9 Å². The van der Waals surface area contributed by atoms with Crippen LogP contribution < -0.4 is 5.73 Å². The molecule has 2 N–H and O–H groups in total. The number of hydrogen-bond acceptors (Lipinski definition) is 3. The smallest absolute Gasteiger partial charge is 0.226 e. The largest absolute Gasteiger partial charge is 0.441 e. The monoisotopic (exact) mass is 294 g/mol. The number of nitrogen functional groups attached to an aromatic ring is 1. The van der Waals surface area contributed by atoms with Gasteiger partial charge in [-0.15, -0.1) is 0 Å². The van der Waals surface area contributed by atoms with Gasteiger partial charge in [0.05, 0.1) is 6.20 Å². The molecule has 0 aliphatic carbocycles. The lowest BCUT2D eigenvalue weighted by Crippen LogP contribution is -2.09. The number of nitrogens with two attached hydrogens (primary N) is 1. The summed E-state index contributed by atoms with van der Waals surface area (Å²) in [6, 6.07) is 5.63. The second kappa shape index (κ2) is 4.18. The number of rotatable bonds is 1. The highest BCUT2D eigenvalue weighted by Gasteiger charge is 2.19. The van der Waals surface area contributed by atoms with Crippen molar-refractivity contribution in [2.24, 2.45) is 0 Å². The van der Waals surface area contributed by atoms with Gasteiger partial charge in [0.2, 0.25) is 5.89 Å². The van der Waals surface area contributed by atoms with Crippen molar-refractivity contribution in [2.75, 3.05) is 5.73 Å². The molecule has 0 saturated carbocycles. The normalized spacial score (nSPS) is 11.8. The molecular weight excluding hydrogens is 280 g/mol. The van der Waals surface area contributed by atoms with Gasteiger partial charge in [0.25, 0.3) is 0 Å². The zero-order valence-corrected chi connectivity index (χ0v) is 11.7. The molecule has 0 aliphatic rings. The Morgan fingerprint density at radius 3 is 2.47 bits per heavy atom. The van der Waals surface area contributed by atoms with Crippen LogP contribution in [0.1, 0.15) is 26.5 Å². The van der Waals surface area contributed by atoms with Crippen molar-refractivity contribution in [1.29, 1.82) is 0 Å². The fourth-order valence-corrected chi connectivity index (χ4v) is 2.00. The van der Waals surface area contributed by atoms with Crippen LogP contribution in [0.4, 0.5) is 5.69 Å². The molecule has 0 amide bonds. The van der Waals surface area contributed by atoms with E-state index in [0.717, 1.165) is 15.8 Å². The minimum atomic E-state index is -0.0389. The molecule has 0 aliphatic heterocycles. The summed E-state index contributed by atoms with van der Waals surface area (Å²) in [4.78, 5) is 4.29. The Morgan fingerprint density at radius 2 is 1.94 bits per heavy atom. The Morgan fingerprint density at radius 1 is 1.24 bits per heavy atom. The summed E-state index contributed by atoms with van der Waals surface area (Å²) in [5.41, 5.74) is 7.32. The molecule has 90 valence electrons. The summed E-state index contributed by atoms with van der Waals surface area (Å²) in [5.74, 6) is 1.47. The van der Waals surface area contributed by atoms with E-state index >= 15 is 0 Å². The number of benzene rings is 1. The molecular formula is C13H15BrN2O. The zero-order chi connectivity index (χ0) is 12.6. The molecule has 0 atom stereocenters. The van der Waals surface area contributed by atoms with Crippen molar-refractivity contribution >= 4 is 21.6 Å². The first-order valence-corrected chi connectivity index (χ1v) is 6.18. The minimum absolute atomic E-state index is 0.0389. The van der Waals surface area contributed by atoms with Crippen molar-refractivity contribution in [3.63, 3.8) is 0 Å². The molecule has 17 heavy (non-hydrogen) atoms. The summed E-state index contributed by atoms with van der Waals surface area (Å²) < 4.78 is 6.68. The van der Waals surface area contributed by atoms with Crippen LogP contribution in [0.3, 0.4) is 0 Å². The van der Waals surface area contributed by atoms with E-state index in [1.165, 1.54) is 0 Å². The summed E-state index contributed by atoms with van der Waals surface area (Å²) in [5, 5.41) is 0. The Labute approximate surface area is 109 Å². The van der Waals surface area contributed by atoms with Gasteiger partial charge in [-0.05, 0) is 18.2 Å². The lowest BCUT2D eigenvalue weighted by Gasteiger charge is -2.13. The number of hydrogen-bond donors (Lipinski definition) is 1. The van der Waals surface area contributed by atoms with Crippen molar-refractivity contribution < 1.29 is 4.42 Å². The summed E-state index contributed by atoms with van der Waals surface area (Å²) in [6.45, 7) is 6.27. The molecule has 0 saturated heterocycles. The van der Waals surface area contributed by atoms with E-state index < -0.39 is 0 Å². The van der Waals surface area contributed by atoms with Gasteiger partial charge in [-0.3, -0.25) is 0 Å². The maximum Gasteiger partial charge on any atom is 0.226 e. The van der Waals surface area contributed by atoms with Crippen LogP contribution in [0, 0.1) is 0 Å². The van der Waals surface area contributed by atoms with E-state index in [0.29, 0.717) is 11.6 Å². The first-order chi connectivity index (χ1) is 7.86. The Hall–Kier alpha value is -1.29. The van der Waals surface area contributed by atoms with Crippen molar-refractivity contribution in [3.05, 3.63) is 34.6 Å². The molecule has 0 unspecified atom stereocenters. The van der Waals surface area contributed by atoms with Crippen LogP contribution in [0.5, 0.6) is 0 Å². The van der Waals surface area contributed by atoms with Crippen LogP contribution in [-0.2, 0) is 5.41 Å². The summed E-state index contributed by atoms with van der Waals surface area (Å²) in [6.07, 6.45) is 1.77. The number of anilines is 1. The zero-order valence-electron chi connectivity index (χ0n) is 10.1. The second-order valence-electron chi connectivity index (χ2n) is 5.05. The van der Waals surface area contributed by atoms with E-state index in [-0.39, 0.29) is 5.41 Å². The predicted molar refractivity (Wildman–Crippen MR) is 72.8 cm³/mol. The SMILES string of the molecule is CC(C)(C)c1cnc(-c2cc(N)cc(Br)c2)o1. The molecule has 2 rings (SSSR count). The van der Waals surface area contributed by atoms with Gasteiger partial charge < -0.3 is 10.2 Å². The van der Waals surface area contributed by atoms with Gasteiger partial charge in [-0.1, -0.05) is 36.7 Å². The van der Waals surface area contributed by atoms with Crippen molar-refractivity contribution in [1.82, 2.24) is 4.98 Å². The average molecular weight is 295 g/mol. The lowest BCUT2D eigenvalue weighted by molar-refractivity contribution is 0.416. The third kappa shape index (κ3) is 2.69. The van der Waals surface area contributed by atoms with Gasteiger partial charge >= 0.3 is 0 Å². The molecule has 0 radical (unpaired) electrons. The number of oxazole rings is 1. The van der Waals surface area contributed by atoms with Crippen LogP contribution in [0.2, 0.25) is 0 Å². The molecule has 1 heterocycles. The molecule has 1 aromatic carbocycles. The Balaban J connectivity index is 2.44. The minimum Gasteiger partial charge on any atom is -0.441 e. The van der Waals surface area contributed by atoms with Crippen molar-refractivity contribution in [2.45, 2.75) is 26.2 Å². The fraction of sp³-hybridized carbons (Fsp3) is 0.308. The first-order valence-electron chi connectivity index (χ1n) is 5.39. The van der Waals surface area contributed by atoms with Crippen molar-refractivity contribution in [3.8, 4) is 11.5 Å². The highest BCUT2D eigenvalue weighted by atomic mass is 79.9. The quantitative estimate of drug-likeness (QED) is 0.809. The van der Waals surface area contributed by atoms with Gasteiger partial charge in [0.15, 0.2) is 0 Å². The van der Waals surface area contributed by atoms with Crippen LogP contribution in [0.25, 0.3) is 11.5 Å². The lowest BCUT2D eigenvalue weighted by atomic mass is 9.94. The van der Waals surface area contributed by atoms with E-state index in [2.05, 4.69) is 41.7 Å². The molecule has 0 spiro atoms. The van der Waals surface area contributed by atoms with E-state index in [9.17, 15) is 0 Å². The van der Waals surface area contributed by atoms with Crippen LogP contribution in [0.15, 0.2) is 33.3 Å². The first kappa shape index (κ1) is 12.2. The van der Waals surface area contributed by atoms with E-state index in [4.69, 9.17) is 10.2 Å². The molecule has 1 aromatic heterocycles. The second-order valence-corrected chi connectivity index (χ2v) is 5.97. The Kier molecular flexibility index (Phi) is 3.00. The van der Waals surface area contributed by atoms with E-state index in [1.807, 2.05) is 18.2 Å². The number of aromatic nitrogens is 1. The fourth-order valence-electron chi connectivity index (χ4n) is 1.49. The third-order valence-electron chi connectivity index (χ3n) is 2.41. The van der Waals surface area contributed by atoms with Gasteiger partial charge in [0.1, 0.15) is 5.76 Å².